The van der Waals surface area contributed by atoms with E-state index >= 15 is 0 Å². The third-order valence-corrected chi connectivity index (χ3v) is 3.82. The molecule has 0 aliphatic carbocycles. The third kappa shape index (κ3) is 3.47. The summed E-state index contributed by atoms with van der Waals surface area (Å²) in [5, 5.41) is 12.4. The maximum atomic E-state index is 13.6. The Labute approximate surface area is 100 Å². The van der Waals surface area contributed by atoms with Crippen molar-refractivity contribution in [1.29, 1.82) is 0 Å². The van der Waals surface area contributed by atoms with Crippen molar-refractivity contribution in [2.24, 2.45) is 0 Å². The molecule has 0 spiro atoms. The molecular formula is C12H18FNOS. The Balaban J connectivity index is 2.90. The minimum Gasteiger partial charge on any atom is -0.392 e. The second-order valence-electron chi connectivity index (χ2n) is 3.81. The molecule has 2 nitrogen and oxygen atoms in total. The fourth-order valence-corrected chi connectivity index (χ4v) is 2.36. The van der Waals surface area contributed by atoms with Crippen LogP contribution in [0.2, 0.25) is 0 Å². The summed E-state index contributed by atoms with van der Waals surface area (Å²) in [5.74, 6) is -0.197. The van der Waals surface area contributed by atoms with Gasteiger partial charge in [-0.3, -0.25) is 0 Å². The lowest BCUT2D eigenvalue weighted by atomic mass is 10.2. The first-order chi connectivity index (χ1) is 7.56. The molecule has 0 fully saturated rings. The van der Waals surface area contributed by atoms with Crippen LogP contribution < -0.4 is 5.32 Å². The summed E-state index contributed by atoms with van der Waals surface area (Å²) in [5.41, 5.74) is 0.669. The van der Waals surface area contributed by atoms with Crippen LogP contribution in [0.4, 0.5) is 4.39 Å². The normalized spacial score (nSPS) is 14.8. The largest absolute Gasteiger partial charge is 0.392 e. The SMILES string of the molecule is CNCc1c(F)cccc1SC(C)C(C)O. The summed E-state index contributed by atoms with van der Waals surface area (Å²) < 4.78 is 13.6. The zero-order chi connectivity index (χ0) is 12.1. The molecule has 0 radical (unpaired) electrons. The molecule has 1 rings (SSSR count). The molecule has 0 amide bonds. The molecule has 1 aromatic rings. The van der Waals surface area contributed by atoms with E-state index in [-0.39, 0.29) is 11.1 Å². The Morgan fingerprint density at radius 3 is 2.69 bits per heavy atom. The lowest BCUT2D eigenvalue weighted by molar-refractivity contribution is 0.196. The van der Waals surface area contributed by atoms with E-state index in [4.69, 9.17) is 0 Å². The van der Waals surface area contributed by atoms with Crippen LogP contribution in [0.5, 0.6) is 0 Å². The van der Waals surface area contributed by atoms with Gasteiger partial charge in [-0.05, 0) is 26.1 Å². The molecule has 0 heterocycles. The van der Waals surface area contributed by atoms with E-state index in [0.29, 0.717) is 12.1 Å². The van der Waals surface area contributed by atoms with Gasteiger partial charge in [0.2, 0.25) is 0 Å². The van der Waals surface area contributed by atoms with Crippen LogP contribution in [0.25, 0.3) is 0 Å². The molecule has 2 N–H and O–H groups in total. The molecule has 0 saturated heterocycles. The van der Waals surface area contributed by atoms with Crippen LogP contribution >= 0.6 is 11.8 Å². The van der Waals surface area contributed by atoms with E-state index in [0.717, 1.165) is 4.90 Å². The van der Waals surface area contributed by atoms with Gasteiger partial charge in [-0.15, -0.1) is 11.8 Å². The first kappa shape index (κ1) is 13.5. The summed E-state index contributed by atoms with van der Waals surface area (Å²) in [7, 11) is 1.79. The Kier molecular flexibility index (Phi) is 5.25. The first-order valence-electron chi connectivity index (χ1n) is 5.33. The topological polar surface area (TPSA) is 32.3 Å². The van der Waals surface area contributed by atoms with Crippen molar-refractivity contribution >= 4 is 11.8 Å². The molecular weight excluding hydrogens is 225 g/mol. The zero-order valence-corrected chi connectivity index (χ0v) is 10.6. The maximum Gasteiger partial charge on any atom is 0.128 e. The Bertz CT molecular complexity index is 344. The summed E-state index contributed by atoms with van der Waals surface area (Å²) in [4.78, 5) is 0.891. The van der Waals surface area contributed by atoms with E-state index in [1.165, 1.54) is 17.8 Å². The van der Waals surface area contributed by atoms with Gasteiger partial charge in [-0.2, -0.15) is 0 Å². The van der Waals surface area contributed by atoms with Crippen LogP contribution in [-0.2, 0) is 6.54 Å². The standard InChI is InChI=1S/C12H18FNOS/c1-8(15)9(2)16-12-6-4-5-11(13)10(12)7-14-3/h4-6,8-9,14-15H,7H2,1-3H3. The van der Waals surface area contributed by atoms with Gasteiger partial charge in [0.25, 0.3) is 0 Å². The number of thioether (sulfide) groups is 1. The van der Waals surface area contributed by atoms with Crippen LogP contribution in [0, 0.1) is 5.82 Å². The highest BCUT2D eigenvalue weighted by atomic mass is 32.2. The van der Waals surface area contributed by atoms with Gasteiger partial charge >= 0.3 is 0 Å². The fraction of sp³-hybridized carbons (Fsp3) is 0.500. The molecule has 0 saturated carbocycles. The highest BCUT2D eigenvalue weighted by Crippen LogP contribution is 2.29. The third-order valence-electron chi connectivity index (χ3n) is 2.42. The molecule has 4 heteroatoms. The maximum absolute atomic E-state index is 13.6. The minimum atomic E-state index is -0.407. The number of hydrogen-bond acceptors (Lipinski definition) is 3. The molecule has 0 aromatic heterocycles. The zero-order valence-electron chi connectivity index (χ0n) is 9.83. The van der Waals surface area contributed by atoms with Gasteiger partial charge < -0.3 is 10.4 Å². The molecule has 2 unspecified atom stereocenters. The number of halogens is 1. The summed E-state index contributed by atoms with van der Waals surface area (Å²) >= 11 is 1.50. The predicted molar refractivity (Wildman–Crippen MR) is 66.2 cm³/mol. The van der Waals surface area contributed by atoms with Crippen LogP contribution in [0.1, 0.15) is 19.4 Å². The van der Waals surface area contributed by atoms with Gasteiger partial charge in [0.1, 0.15) is 5.82 Å². The predicted octanol–water partition coefficient (Wildman–Crippen LogP) is 2.41. The van der Waals surface area contributed by atoms with Crippen molar-refractivity contribution in [3.63, 3.8) is 0 Å². The highest BCUT2D eigenvalue weighted by molar-refractivity contribution is 8.00. The Morgan fingerprint density at radius 1 is 1.44 bits per heavy atom. The number of benzene rings is 1. The lowest BCUT2D eigenvalue weighted by Gasteiger charge is -2.16. The lowest BCUT2D eigenvalue weighted by Crippen LogP contribution is -2.16. The smallest absolute Gasteiger partial charge is 0.128 e. The van der Waals surface area contributed by atoms with Gasteiger partial charge in [0, 0.05) is 22.3 Å². The van der Waals surface area contributed by atoms with Crippen molar-refractivity contribution in [3.8, 4) is 0 Å². The Hall–Kier alpha value is -0.580. The fourth-order valence-electron chi connectivity index (χ4n) is 1.30. The number of aliphatic hydroxyl groups is 1. The second kappa shape index (κ2) is 6.23. The summed E-state index contributed by atoms with van der Waals surface area (Å²) in [6, 6.07) is 5.05. The van der Waals surface area contributed by atoms with Gasteiger partial charge in [0.05, 0.1) is 6.10 Å². The first-order valence-corrected chi connectivity index (χ1v) is 6.21. The molecule has 0 bridgehead atoms. The number of hydrogen-bond donors (Lipinski definition) is 2. The van der Waals surface area contributed by atoms with Crippen LogP contribution in [0.3, 0.4) is 0 Å². The molecule has 0 aliphatic heterocycles. The molecule has 16 heavy (non-hydrogen) atoms. The second-order valence-corrected chi connectivity index (χ2v) is 5.23. The summed E-state index contributed by atoms with van der Waals surface area (Å²) in [6.07, 6.45) is -0.407. The van der Waals surface area contributed by atoms with E-state index in [9.17, 15) is 9.50 Å². The van der Waals surface area contributed by atoms with Gasteiger partial charge in [-0.25, -0.2) is 4.39 Å². The quantitative estimate of drug-likeness (QED) is 0.779. The highest BCUT2D eigenvalue weighted by Gasteiger charge is 2.14. The van der Waals surface area contributed by atoms with Crippen LogP contribution in [-0.4, -0.2) is 23.5 Å². The van der Waals surface area contributed by atoms with Crippen molar-refractivity contribution in [2.75, 3.05) is 7.05 Å². The number of nitrogens with one attached hydrogen (secondary N) is 1. The number of aliphatic hydroxyl groups excluding tert-OH is 1. The van der Waals surface area contributed by atoms with E-state index in [1.807, 2.05) is 13.0 Å². The molecule has 1 aromatic carbocycles. The summed E-state index contributed by atoms with van der Waals surface area (Å²) in [6.45, 7) is 4.18. The van der Waals surface area contributed by atoms with Crippen LogP contribution in [0.15, 0.2) is 23.1 Å². The van der Waals surface area contributed by atoms with Crippen molar-refractivity contribution in [3.05, 3.63) is 29.6 Å². The van der Waals surface area contributed by atoms with Crippen molar-refractivity contribution in [2.45, 2.75) is 36.6 Å². The molecule has 90 valence electrons. The molecule has 2 atom stereocenters. The average Bonchev–Trinajstić information content (AvgIpc) is 2.23. The average molecular weight is 243 g/mol. The van der Waals surface area contributed by atoms with Gasteiger partial charge in [0.15, 0.2) is 0 Å². The Morgan fingerprint density at radius 2 is 2.12 bits per heavy atom. The molecule has 0 aliphatic rings. The van der Waals surface area contributed by atoms with Crippen molar-refractivity contribution < 1.29 is 9.50 Å². The van der Waals surface area contributed by atoms with E-state index in [1.54, 1.807) is 20.0 Å². The monoisotopic (exact) mass is 243 g/mol. The van der Waals surface area contributed by atoms with E-state index < -0.39 is 6.10 Å². The van der Waals surface area contributed by atoms with Gasteiger partial charge in [-0.1, -0.05) is 13.0 Å². The minimum absolute atomic E-state index is 0.0532. The van der Waals surface area contributed by atoms with Crippen molar-refractivity contribution in [1.82, 2.24) is 5.32 Å². The van der Waals surface area contributed by atoms with E-state index in [2.05, 4.69) is 5.32 Å². The number of rotatable bonds is 5.